The summed E-state index contributed by atoms with van der Waals surface area (Å²) in [4.78, 5) is 0. The quantitative estimate of drug-likeness (QED) is 0.818. The number of ether oxygens (including phenoxy) is 1. The Morgan fingerprint density at radius 3 is 2.52 bits per heavy atom. The molecular weight excluding hydrogens is 258 g/mol. The van der Waals surface area contributed by atoms with Gasteiger partial charge in [-0.3, -0.25) is 0 Å². The van der Waals surface area contributed by atoms with Gasteiger partial charge in [0.1, 0.15) is 5.75 Å². The maximum Gasteiger partial charge on any atom is 0.119 e. The Balaban J connectivity index is 1.53. The fourth-order valence-electron chi connectivity index (χ4n) is 3.84. The molecule has 2 saturated carbocycles. The van der Waals surface area contributed by atoms with Crippen molar-refractivity contribution >= 4 is 0 Å². The molecule has 21 heavy (non-hydrogen) atoms. The molecule has 0 heterocycles. The third-order valence-electron chi connectivity index (χ3n) is 5.18. The molecular formula is C19H29NO. The van der Waals surface area contributed by atoms with Gasteiger partial charge < -0.3 is 10.1 Å². The van der Waals surface area contributed by atoms with Crippen LogP contribution in [0.25, 0.3) is 0 Å². The van der Waals surface area contributed by atoms with Crippen molar-refractivity contribution in [1.29, 1.82) is 0 Å². The number of nitrogens with one attached hydrogen (secondary N) is 1. The average Bonchev–Trinajstić information content (AvgIpc) is 3.33. The van der Waals surface area contributed by atoms with E-state index < -0.39 is 0 Å². The maximum absolute atomic E-state index is 5.52. The van der Waals surface area contributed by atoms with E-state index in [0.717, 1.165) is 24.2 Å². The fraction of sp³-hybridized carbons (Fsp3) is 0.684. The minimum atomic E-state index is 0.434. The molecule has 0 aromatic heterocycles. The van der Waals surface area contributed by atoms with E-state index >= 15 is 0 Å². The lowest BCUT2D eigenvalue weighted by molar-refractivity contribution is 0.249. The summed E-state index contributed by atoms with van der Waals surface area (Å²) in [5.74, 6) is 3.04. The molecule has 0 spiro atoms. The monoisotopic (exact) mass is 287 g/mol. The van der Waals surface area contributed by atoms with Crippen molar-refractivity contribution < 1.29 is 4.74 Å². The van der Waals surface area contributed by atoms with Crippen molar-refractivity contribution in [1.82, 2.24) is 5.32 Å². The highest BCUT2D eigenvalue weighted by molar-refractivity contribution is 5.29. The largest absolute Gasteiger partial charge is 0.494 e. The number of rotatable bonds is 6. The van der Waals surface area contributed by atoms with Crippen molar-refractivity contribution in [3.63, 3.8) is 0 Å². The summed E-state index contributed by atoms with van der Waals surface area (Å²) in [6, 6.07) is 9.72. The van der Waals surface area contributed by atoms with Crippen LogP contribution in [0.3, 0.4) is 0 Å². The maximum atomic E-state index is 5.52. The zero-order valence-electron chi connectivity index (χ0n) is 13.5. The van der Waals surface area contributed by atoms with Crippen molar-refractivity contribution in [2.75, 3.05) is 6.61 Å². The Bertz CT molecular complexity index is 437. The van der Waals surface area contributed by atoms with E-state index in [-0.39, 0.29) is 0 Å². The lowest BCUT2D eigenvalue weighted by Crippen LogP contribution is -2.36. The third-order valence-corrected chi connectivity index (χ3v) is 5.18. The molecule has 1 aromatic carbocycles. The van der Waals surface area contributed by atoms with Gasteiger partial charge in [0.2, 0.25) is 0 Å². The van der Waals surface area contributed by atoms with E-state index in [4.69, 9.17) is 4.74 Å². The lowest BCUT2D eigenvalue weighted by atomic mass is 9.82. The van der Waals surface area contributed by atoms with Gasteiger partial charge in [-0.15, -0.1) is 0 Å². The molecule has 116 valence electrons. The second kappa shape index (κ2) is 6.83. The standard InChI is InChI=1S/C19H29NO/c1-3-21-19-11-9-15(10-12-19)14(2)20-18-6-4-5-17(13-18)16-7-8-16/h9-12,14,16-18,20H,3-8,13H2,1-2H3. The Labute approximate surface area is 129 Å². The van der Waals surface area contributed by atoms with Crippen molar-refractivity contribution in [2.45, 2.75) is 64.5 Å². The highest BCUT2D eigenvalue weighted by atomic mass is 16.5. The average molecular weight is 287 g/mol. The van der Waals surface area contributed by atoms with E-state index in [1.165, 1.54) is 44.1 Å². The van der Waals surface area contributed by atoms with E-state index in [1.54, 1.807) is 0 Å². The van der Waals surface area contributed by atoms with Crippen molar-refractivity contribution in [3.8, 4) is 5.75 Å². The molecule has 3 atom stereocenters. The summed E-state index contributed by atoms with van der Waals surface area (Å²) >= 11 is 0. The first-order valence-electron chi connectivity index (χ1n) is 8.75. The normalized spacial score (nSPS) is 27.3. The number of benzene rings is 1. The van der Waals surface area contributed by atoms with Crippen LogP contribution in [0, 0.1) is 11.8 Å². The van der Waals surface area contributed by atoms with Crippen molar-refractivity contribution in [2.24, 2.45) is 11.8 Å². The molecule has 0 amide bonds. The second-order valence-electron chi connectivity index (χ2n) is 6.85. The van der Waals surface area contributed by atoms with Gasteiger partial charge in [0, 0.05) is 12.1 Å². The van der Waals surface area contributed by atoms with Crippen LogP contribution in [0.5, 0.6) is 5.75 Å². The zero-order valence-corrected chi connectivity index (χ0v) is 13.5. The van der Waals surface area contributed by atoms with Crippen LogP contribution in [-0.2, 0) is 0 Å². The van der Waals surface area contributed by atoms with Gasteiger partial charge in [0.15, 0.2) is 0 Å². The first kappa shape index (κ1) is 14.9. The topological polar surface area (TPSA) is 21.3 Å². The van der Waals surface area contributed by atoms with Gasteiger partial charge in [0.25, 0.3) is 0 Å². The van der Waals surface area contributed by atoms with E-state index in [0.29, 0.717) is 12.1 Å². The summed E-state index contributed by atoms with van der Waals surface area (Å²) in [5.41, 5.74) is 1.37. The number of hydrogen-bond acceptors (Lipinski definition) is 2. The molecule has 3 unspecified atom stereocenters. The summed E-state index contributed by atoms with van der Waals surface area (Å²) < 4.78 is 5.52. The van der Waals surface area contributed by atoms with Gasteiger partial charge in [0.05, 0.1) is 6.61 Å². The second-order valence-corrected chi connectivity index (χ2v) is 6.85. The first-order valence-corrected chi connectivity index (χ1v) is 8.75. The van der Waals surface area contributed by atoms with Gasteiger partial charge in [-0.25, -0.2) is 0 Å². The van der Waals surface area contributed by atoms with Crippen LogP contribution in [-0.4, -0.2) is 12.6 Å². The molecule has 0 aliphatic heterocycles. The zero-order chi connectivity index (χ0) is 14.7. The van der Waals surface area contributed by atoms with Crippen LogP contribution < -0.4 is 10.1 Å². The van der Waals surface area contributed by atoms with E-state index in [1.807, 2.05) is 6.92 Å². The summed E-state index contributed by atoms with van der Waals surface area (Å²) in [6.45, 7) is 5.05. The Hall–Kier alpha value is -1.02. The number of hydrogen-bond donors (Lipinski definition) is 1. The highest BCUT2D eigenvalue weighted by Gasteiger charge is 2.34. The lowest BCUT2D eigenvalue weighted by Gasteiger charge is -2.32. The molecule has 0 saturated heterocycles. The molecule has 0 bridgehead atoms. The van der Waals surface area contributed by atoms with Gasteiger partial charge in [-0.05, 0) is 69.1 Å². The molecule has 0 radical (unpaired) electrons. The minimum absolute atomic E-state index is 0.434. The SMILES string of the molecule is CCOc1ccc(C(C)NC2CCCC(C3CC3)C2)cc1. The predicted octanol–water partition coefficient (Wildman–Crippen LogP) is 4.70. The molecule has 2 fully saturated rings. The summed E-state index contributed by atoms with van der Waals surface area (Å²) in [5, 5.41) is 3.86. The van der Waals surface area contributed by atoms with E-state index in [9.17, 15) is 0 Å². The highest BCUT2D eigenvalue weighted by Crippen LogP contribution is 2.44. The molecule has 1 N–H and O–H groups in total. The fourth-order valence-corrected chi connectivity index (χ4v) is 3.84. The van der Waals surface area contributed by atoms with Gasteiger partial charge in [-0.1, -0.05) is 25.0 Å². The molecule has 2 aliphatic carbocycles. The van der Waals surface area contributed by atoms with Crippen LogP contribution in [0.4, 0.5) is 0 Å². The van der Waals surface area contributed by atoms with Crippen LogP contribution in [0.15, 0.2) is 24.3 Å². The Morgan fingerprint density at radius 2 is 1.86 bits per heavy atom. The predicted molar refractivity (Wildman–Crippen MR) is 87.6 cm³/mol. The smallest absolute Gasteiger partial charge is 0.119 e. The Morgan fingerprint density at radius 1 is 1.10 bits per heavy atom. The van der Waals surface area contributed by atoms with E-state index in [2.05, 4.69) is 36.5 Å². The third kappa shape index (κ3) is 4.00. The van der Waals surface area contributed by atoms with Crippen molar-refractivity contribution in [3.05, 3.63) is 29.8 Å². The van der Waals surface area contributed by atoms with Gasteiger partial charge >= 0.3 is 0 Å². The molecule has 3 rings (SSSR count). The van der Waals surface area contributed by atoms with Gasteiger partial charge in [-0.2, -0.15) is 0 Å². The van der Waals surface area contributed by atoms with Crippen LogP contribution >= 0.6 is 0 Å². The molecule has 2 aliphatic rings. The van der Waals surface area contributed by atoms with Crippen LogP contribution in [0.2, 0.25) is 0 Å². The summed E-state index contributed by atoms with van der Waals surface area (Å²) in [7, 11) is 0. The molecule has 1 aromatic rings. The minimum Gasteiger partial charge on any atom is -0.494 e. The first-order chi connectivity index (χ1) is 10.3. The molecule has 2 nitrogen and oxygen atoms in total. The Kier molecular flexibility index (Phi) is 4.84. The molecule has 2 heteroatoms. The summed E-state index contributed by atoms with van der Waals surface area (Å²) in [6.07, 6.45) is 8.61. The van der Waals surface area contributed by atoms with Crippen LogP contribution in [0.1, 0.15) is 64.0 Å².